The zero-order valence-corrected chi connectivity index (χ0v) is 12.1. The maximum atomic E-state index is 5.92. The molecule has 2 unspecified atom stereocenters. The lowest BCUT2D eigenvalue weighted by Crippen LogP contribution is -2.30. The van der Waals surface area contributed by atoms with Crippen molar-refractivity contribution >= 4 is 22.9 Å². The predicted octanol–water partition coefficient (Wildman–Crippen LogP) is 4.50. The van der Waals surface area contributed by atoms with Gasteiger partial charge in [0.25, 0.3) is 0 Å². The Bertz CT molecular complexity index is 337. The molecule has 2 rings (SSSR count). The number of hydrogen-bond donors (Lipinski definition) is 1. The minimum absolute atomic E-state index is 0.746. The van der Waals surface area contributed by atoms with Crippen molar-refractivity contribution < 1.29 is 0 Å². The second-order valence-electron chi connectivity index (χ2n) is 5.22. The van der Waals surface area contributed by atoms with Crippen molar-refractivity contribution in [1.29, 1.82) is 0 Å². The lowest BCUT2D eigenvalue weighted by Gasteiger charge is -2.15. The van der Waals surface area contributed by atoms with Gasteiger partial charge in [-0.2, -0.15) is 0 Å². The fourth-order valence-electron chi connectivity index (χ4n) is 2.58. The highest BCUT2D eigenvalue weighted by atomic mass is 35.5. The van der Waals surface area contributed by atoms with Gasteiger partial charge in [-0.25, -0.2) is 0 Å². The summed E-state index contributed by atoms with van der Waals surface area (Å²) in [7, 11) is 0. The number of rotatable bonds is 4. The van der Waals surface area contributed by atoms with Crippen LogP contribution >= 0.6 is 22.9 Å². The lowest BCUT2D eigenvalue weighted by atomic mass is 10.0. The molecule has 2 atom stereocenters. The molecular formula is C14H22ClNS. The van der Waals surface area contributed by atoms with Gasteiger partial charge in [0.15, 0.2) is 0 Å². The molecule has 1 aromatic heterocycles. The molecule has 0 spiro atoms. The van der Waals surface area contributed by atoms with Gasteiger partial charge in [0.2, 0.25) is 0 Å². The molecule has 1 aromatic rings. The summed E-state index contributed by atoms with van der Waals surface area (Å²) >= 11 is 7.63. The molecule has 1 fully saturated rings. The molecule has 0 radical (unpaired) electrons. The van der Waals surface area contributed by atoms with Gasteiger partial charge in [-0.1, -0.05) is 31.4 Å². The Labute approximate surface area is 114 Å². The van der Waals surface area contributed by atoms with Crippen molar-refractivity contribution in [3.05, 3.63) is 21.3 Å². The van der Waals surface area contributed by atoms with E-state index in [2.05, 4.69) is 18.3 Å². The number of thiophene rings is 1. The maximum absolute atomic E-state index is 5.92. The van der Waals surface area contributed by atoms with Crippen LogP contribution in [0, 0.1) is 5.92 Å². The third kappa shape index (κ3) is 4.61. The Kier molecular flexibility index (Phi) is 5.33. The monoisotopic (exact) mass is 271 g/mol. The van der Waals surface area contributed by atoms with Crippen LogP contribution in [0.5, 0.6) is 0 Å². The van der Waals surface area contributed by atoms with Gasteiger partial charge in [-0.3, -0.25) is 0 Å². The van der Waals surface area contributed by atoms with Crippen molar-refractivity contribution in [2.24, 2.45) is 5.92 Å². The normalized spacial score (nSPS) is 25.8. The molecule has 0 saturated heterocycles. The van der Waals surface area contributed by atoms with Gasteiger partial charge < -0.3 is 5.32 Å². The van der Waals surface area contributed by atoms with Crippen LogP contribution in [0.4, 0.5) is 0 Å². The van der Waals surface area contributed by atoms with Crippen LogP contribution in [-0.4, -0.2) is 12.6 Å². The average Bonchev–Trinajstić information content (AvgIpc) is 2.59. The summed E-state index contributed by atoms with van der Waals surface area (Å²) in [4.78, 5) is 1.39. The predicted molar refractivity (Wildman–Crippen MR) is 77.1 cm³/mol. The van der Waals surface area contributed by atoms with Crippen LogP contribution in [0.2, 0.25) is 4.34 Å². The van der Waals surface area contributed by atoms with Crippen molar-refractivity contribution in [2.45, 2.75) is 51.5 Å². The topological polar surface area (TPSA) is 12.0 Å². The third-order valence-corrected chi connectivity index (χ3v) is 4.98. The summed E-state index contributed by atoms with van der Waals surface area (Å²) in [6.07, 6.45) is 8.02. The molecule has 0 amide bonds. The molecular weight excluding hydrogens is 250 g/mol. The summed E-state index contributed by atoms with van der Waals surface area (Å²) in [5.74, 6) is 0.929. The third-order valence-electron chi connectivity index (χ3n) is 3.69. The quantitative estimate of drug-likeness (QED) is 0.795. The van der Waals surface area contributed by atoms with Crippen LogP contribution in [-0.2, 0) is 6.42 Å². The molecule has 0 bridgehead atoms. The summed E-state index contributed by atoms with van der Waals surface area (Å²) in [6.45, 7) is 3.48. The Morgan fingerprint density at radius 3 is 2.94 bits per heavy atom. The zero-order chi connectivity index (χ0) is 12.1. The van der Waals surface area contributed by atoms with E-state index in [0.717, 1.165) is 29.3 Å². The first-order chi connectivity index (χ1) is 8.24. The van der Waals surface area contributed by atoms with Gasteiger partial charge in [0, 0.05) is 17.5 Å². The Morgan fingerprint density at radius 1 is 1.29 bits per heavy atom. The minimum atomic E-state index is 0.746. The van der Waals surface area contributed by atoms with E-state index in [4.69, 9.17) is 11.6 Å². The van der Waals surface area contributed by atoms with Crippen LogP contribution in [0.15, 0.2) is 12.1 Å². The molecule has 1 N–H and O–H groups in total. The molecule has 0 aromatic carbocycles. The van der Waals surface area contributed by atoms with Gasteiger partial charge in [0.05, 0.1) is 4.34 Å². The van der Waals surface area contributed by atoms with Gasteiger partial charge in [-0.05, 0) is 43.7 Å². The standard InChI is InChI=1S/C14H22ClNS/c1-11-3-2-4-12(6-5-11)16-10-9-13-7-8-14(15)17-13/h7-8,11-12,16H,2-6,9-10H2,1H3. The Morgan fingerprint density at radius 2 is 2.18 bits per heavy atom. The second-order valence-corrected chi connectivity index (χ2v) is 7.02. The fourth-order valence-corrected chi connectivity index (χ4v) is 3.66. The molecule has 1 aliphatic carbocycles. The van der Waals surface area contributed by atoms with Crippen molar-refractivity contribution in [3.8, 4) is 0 Å². The van der Waals surface area contributed by atoms with E-state index in [1.807, 2.05) is 6.07 Å². The zero-order valence-electron chi connectivity index (χ0n) is 10.5. The van der Waals surface area contributed by atoms with E-state index < -0.39 is 0 Å². The molecule has 1 saturated carbocycles. The Hall–Kier alpha value is -0.0500. The summed E-state index contributed by atoms with van der Waals surface area (Å²) in [6, 6.07) is 4.88. The smallest absolute Gasteiger partial charge is 0.0931 e. The summed E-state index contributed by atoms with van der Waals surface area (Å²) in [5, 5.41) is 3.70. The lowest BCUT2D eigenvalue weighted by molar-refractivity contribution is 0.451. The summed E-state index contributed by atoms with van der Waals surface area (Å²) in [5.41, 5.74) is 0. The van der Waals surface area contributed by atoms with Crippen molar-refractivity contribution in [1.82, 2.24) is 5.32 Å². The maximum Gasteiger partial charge on any atom is 0.0931 e. The van der Waals surface area contributed by atoms with Crippen LogP contribution in [0.3, 0.4) is 0 Å². The van der Waals surface area contributed by atoms with Crippen LogP contribution < -0.4 is 5.32 Å². The molecule has 1 aliphatic rings. The molecule has 1 nitrogen and oxygen atoms in total. The molecule has 3 heteroatoms. The van der Waals surface area contributed by atoms with E-state index in [1.165, 1.54) is 37.0 Å². The molecule has 17 heavy (non-hydrogen) atoms. The largest absolute Gasteiger partial charge is 0.314 e. The first-order valence-electron chi connectivity index (χ1n) is 6.71. The number of nitrogens with one attached hydrogen (secondary N) is 1. The van der Waals surface area contributed by atoms with Crippen LogP contribution in [0.25, 0.3) is 0 Å². The highest BCUT2D eigenvalue weighted by Crippen LogP contribution is 2.23. The highest BCUT2D eigenvalue weighted by Gasteiger charge is 2.15. The molecule has 0 aliphatic heterocycles. The van der Waals surface area contributed by atoms with Gasteiger partial charge in [-0.15, -0.1) is 11.3 Å². The average molecular weight is 272 g/mol. The van der Waals surface area contributed by atoms with Crippen molar-refractivity contribution in [3.63, 3.8) is 0 Å². The molecule has 1 heterocycles. The van der Waals surface area contributed by atoms with E-state index in [-0.39, 0.29) is 0 Å². The number of hydrogen-bond acceptors (Lipinski definition) is 2. The first-order valence-corrected chi connectivity index (χ1v) is 7.91. The summed E-state index contributed by atoms with van der Waals surface area (Å²) < 4.78 is 0.906. The second kappa shape index (κ2) is 6.77. The van der Waals surface area contributed by atoms with E-state index in [0.29, 0.717) is 0 Å². The first kappa shape index (κ1) is 13.4. The SMILES string of the molecule is CC1CCCC(NCCc2ccc(Cl)s2)CC1. The minimum Gasteiger partial charge on any atom is -0.314 e. The van der Waals surface area contributed by atoms with Gasteiger partial charge >= 0.3 is 0 Å². The Balaban J connectivity index is 1.67. The van der Waals surface area contributed by atoms with Crippen molar-refractivity contribution in [2.75, 3.05) is 6.54 Å². The highest BCUT2D eigenvalue weighted by molar-refractivity contribution is 7.16. The van der Waals surface area contributed by atoms with E-state index >= 15 is 0 Å². The van der Waals surface area contributed by atoms with E-state index in [1.54, 1.807) is 11.3 Å². The number of halogens is 1. The van der Waals surface area contributed by atoms with Gasteiger partial charge in [0.1, 0.15) is 0 Å². The molecule has 96 valence electrons. The fraction of sp³-hybridized carbons (Fsp3) is 0.714. The van der Waals surface area contributed by atoms with E-state index in [9.17, 15) is 0 Å². The van der Waals surface area contributed by atoms with Crippen LogP contribution in [0.1, 0.15) is 43.9 Å².